The number of carbonyl (C=O) groups is 3. The number of fused-ring (bicyclic) bond motifs is 1. The van der Waals surface area contributed by atoms with Gasteiger partial charge in [0.1, 0.15) is 6.61 Å². The Morgan fingerprint density at radius 1 is 1.19 bits per heavy atom. The van der Waals surface area contributed by atoms with Crippen LogP contribution in [0.15, 0.2) is 18.2 Å². The zero-order chi connectivity index (χ0) is 18.5. The lowest BCUT2D eigenvalue weighted by Crippen LogP contribution is -2.35. The standard InChI is InChI=1S/C17H16ClNO7/c18-12-8-11(9-13-16(12)24-6-1-5-23-13)2-3-15(21)26-10-14(20)19-4-7-25-17(19)22/h2-3,8-9H,1,4-7,10H2/b3-2+. The van der Waals surface area contributed by atoms with Gasteiger partial charge in [-0.1, -0.05) is 11.6 Å². The van der Waals surface area contributed by atoms with Gasteiger partial charge < -0.3 is 18.9 Å². The molecule has 2 aliphatic heterocycles. The average Bonchev–Trinajstić information content (AvgIpc) is 2.90. The van der Waals surface area contributed by atoms with E-state index >= 15 is 0 Å². The van der Waals surface area contributed by atoms with Crippen LogP contribution in [0.5, 0.6) is 11.5 Å². The van der Waals surface area contributed by atoms with Crippen molar-refractivity contribution in [3.63, 3.8) is 0 Å². The van der Waals surface area contributed by atoms with Crippen LogP contribution in [0, 0.1) is 0 Å². The molecule has 0 radical (unpaired) electrons. The summed E-state index contributed by atoms with van der Waals surface area (Å²) >= 11 is 6.18. The van der Waals surface area contributed by atoms with Crippen molar-refractivity contribution in [3.05, 3.63) is 28.8 Å². The number of imide groups is 1. The van der Waals surface area contributed by atoms with Gasteiger partial charge in [-0.2, -0.15) is 0 Å². The fourth-order valence-electron chi connectivity index (χ4n) is 2.39. The minimum Gasteiger partial charge on any atom is -0.489 e. The van der Waals surface area contributed by atoms with E-state index in [0.717, 1.165) is 17.4 Å². The summed E-state index contributed by atoms with van der Waals surface area (Å²) in [5, 5.41) is 0.375. The molecule has 0 bridgehead atoms. The van der Waals surface area contributed by atoms with Gasteiger partial charge in [0.05, 0.1) is 24.8 Å². The lowest BCUT2D eigenvalue weighted by Gasteiger charge is -2.10. The molecule has 1 fully saturated rings. The van der Waals surface area contributed by atoms with E-state index in [4.69, 9.17) is 25.8 Å². The molecule has 0 N–H and O–H groups in total. The third-order valence-corrected chi connectivity index (χ3v) is 3.92. The minimum absolute atomic E-state index is 0.142. The predicted octanol–water partition coefficient (Wildman–Crippen LogP) is 2.04. The third-order valence-electron chi connectivity index (χ3n) is 3.64. The zero-order valence-electron chi connectivity index (χ0n) is 13.7. The lowest BCUT2D eigenvalue weighted by atomic mass is 10.2. The first-order valence-corrected chi connectivity index (χ1v) is 8.33. The second-order valence-corrected chi connectivity index (χ2v) is 5.89. The van der Waals surface area contributed by atoms with Gasteiger partial charge in [0.2, 0.25) is 0 Å². The van der Waals surface area contributed by atoms with Crippen LogP contribution in [-0.2, 0) is 19.1 Å². The molecule has 0 unspecified atom stereocenters. The molecule has 8 nitrogen and oxygen atoms in total. The number of esters is 1. The number of amides is 2. The van der Waals surface area contributed by atoms with Gasteiger partial charge in [0.15, 0.2) is 18.1 Å². The fourth-order valence-corrected chi connectivity index (χ4v) is 2.66. The highest BCUT2D eigenvalue weighted by Gasteiger charge is 2.28. The van der Waals surface area contributed by atoms with Crippen LogP contribution in [0.3, 0.4) is 0 Å². The van der Waals surface area contributed by atoms with Gasteiger partial charge in [-0.25, -0.2) is 14.5 Å². The maximum atomic E-state index is 11.8. The Kier molecular flexibility index (Phi) is 5.62. The van der Waals surface area contributed by atoms with E-state index in [1.807, 2.05) is 0 Å². The Bertz CT molecular complexity index is 762. The number of hydrogen-bond acceptors (Lipinski definition) is 7. The van der Waals surface area contributed by atoms with Gasteiger partial charge in [-0.15, -0.1) is 0 Å². The summed E-state index contributed by atoms with van der Waals surface area (Å²) in [6, 6.07) is 3.33. The largest absolute Gasteiger partial charge is 0.489 e. The highest BCUT2D eigenvalue weighted by atomic mass is 35.5. The Labute approximate surface area is 154 Å². The number of benzene rings is 1. The van der Waals surface area contributed by atoms with Crippen LogP contribution in [0.2, 0.25) is 5.02 Å². The van der Waals surface area contributed by atoms with Crippen molar-refractivity contribution in [1.82, 2.24) is 4.90 Å². The average molecular weight is 382 g/mol. The van der Waals surface area contributed by atoms with Gasteiger partial charge in [-0.3, -0.25) is 4.79 Å². The molecule has 1 aromatic rings. The number of ether oxygens (including phenoxy) is 4. The number of rotatable bonds is 4. The predicted molar refractivity (Wildman–Crippen MR) is 90.1 cm³/mol. The number of cyclic esters (lactones) is 1. The summed E-state index contributed by atoms with van der Waals surface area (Å²) in [6.45, 7) is 0.788. The number of nitrogens with zero attached hydrogens (tertiary/aromatic N) is 1. The number of halogens is 1. The normalized spacial score (nSPS) is 16.3. The van der Waals surface area contributed by atoms with Crippen molar-refractivity contribution < 1.29 is 33.3 Å². The Morgan fingerprint density at radius 3 is 2.77 bits per heavy atom. The van der Waals surface area contributed by atoms with Crippen molar-refractivity contribution in [2.45, 2.75) is 6.42 Å². The molecule has 2 amide bonds. The van der Waals surface area contributed by atoms with Gasteiger partial charge >= 0.3 is 12.1 Å². The van der Waals surface area contributed by atoms with Crippen LogP contribution >= 0.6 is 11.6 Å². The second kappa shape index (κ2) is 8.09. The van der Waals surface area contributed by atoms with Gasteiger partial charge in [0, 0.05) is 12.5 Å². The Morgan fingerprint density at radius 2 is 2.00 bits per heavy atom. The molecule has 26 heavy (non-hydrogen) atoms. The van der Waals surface area contributed by atoms with E-state index in [-0.39, 0.29) is 13.2 Å². The van der Waals surface area contributed by atoms with Crippen molar-refractivity contribution in [3.8, 4) is 11.5 Å². The molecule has 0 atom stereocenters. The Hall–Kier alpha value is -2.74. The fraction of sp³-hybridized carbons (Fsp3) is 0.353. The van der Waals surface area contributed by atoms with Crippen LogP contribution < -0.4 is 9.47 Å². The first kappa shape index (κ1) is 18.1. The highest BCUT2D eigenvalue weighted by Crippen LogP contribution is 2.38. The van der Waals surface area contributed by atoms with E-state index in [9.17, 15) is 14.4 Å². The molecule has 2 aliphatic rings. The molecule has 0 aromatic heterocycles. The number of hydrogen-bond donors (Lipinski definition) is 0. The summed E-state index contributed by atoms with van der Waals surface area (Å²) in [6.07, 6.45) is 2.66. The molecule has 0 saturated carbocycles. The summed E-state index contributed by atoms with van der Waals surface area (Å²) in [4.78, 5) is 35.6. The molecule has 0 aliphatic carbocycles. The highest BCUT2D eigenvalue weighted by molar-refractivity contribution is 6.32. The smallest absolute Gasteiger partial charge is 0.416 e. The maximum Gasteiger partial charge on any atom is 0.416 e. The van der Waals surface area contributed by atoms with Crippen LogP contribution in [0.4, 0.5) is 4.79 Å². The van der Waals surface area contributed by atoms with E-state index in [2.05, 4.69) is 4.74 Å². The van der Waals surface area contributed by atoms with Crippen molar-refractivity contribution in [2.75, 3.05) is 33.0 Å². The molecule has 1 saturated heterocycles. The zero-order valence-corrected chi connectivity index (χ0v) is 14.5. The van der Waals surface area contributed by atoms with Gasteiger partial charge in [0.25, 0.3) is 5.91 Å². The molecular weight excluding hydrogens is 366 g/mol. The maximum absolute atomic E-state index is 11.8. The first-order chi connectivity index (χ1) is 12.5. The van der Waals surface area contributed by atoms with E-state index < -0.39 is 24.6 Å². The molecule has 0 spiro atoms. The second-order valence-electron chi connectivity index (χ2n) is 5.48. The van der Waals surface area contributed by atoms with E-state index in [1.165, 1.54) is 6.08 Å². The van der Waals surface area contributed by atoms with Crippen molar-refractivity contribution >= 4 is 35.6 Å². The van der Waals surface area contributed by atoms with Gasteiger partial charge in [-0.05, 0) is 23.8 Å². The Balaban J connectivity index is 1.58. The van der Waals surface area contributed by atoms with Crippen LogP contribution in [0.1, 0.15) is 12.0 Å². The quantitative estimate of drug-likeness (QED) is 0.582. The van der Waals surface area contributed by atoms with Crippen LogP contribution in [0.25, 0.3) is 6.08 Å². The molecular formula is C17H16ClNO7. The SMILES string of the molecule is O=C(/C=C/c1cc(Cl)c2c(c1)OCCCO2)OCC(=O)N1CCOC1=O. The van der Waals surface area contributed by atoms with Crippen molar-refractivity contribution in [1.29, 1.82) is 0 Å². The molecule has 9 heteroatoms. The third kappa shape index (κ3) is 4.26. The van der Waals surface area contributed by atoms with E-state index in [0.29, 0.717) is 35.3 Å². The first-order valence-electron chi connectivity index (χ1n) is 7.95. The van der Waals surface area contributed by atoms with E-state index in [1.54, 1.807) is 12.1 Å². The van der Waals surface area contributed by atoms with Crippen LogP contribution in [-0.4, -0.2) is 55.8 Å². The van der Waals surface area contributed by atoms with Crippen molar-refractivity contribution in [2.24, 2.45) is 0 Å². The molecule has 2 heterocycles. The topological polar surface area (TPSA) is 91.4 Å². The molecule has 3 rings (SSSR count). The lowest BCUT2D eigenvalue weighted by molar-refractivity contribution is -0.146. The summed E-state index contributed by atoms with van der Waals surface area (Å²) in [7, 11) is 0. The minimum atomic E-state index is -0.733. The summed E-state index contributed by atoms with van der Waals surface area (Å²) < 4.78 is 20.6. The molecule has 1 aromatic carbocycles. The molecule has 138 valence electrons. The summed E-state index contributed by atoms with van der Waals surface area (Å²) in [5.41, 5.74) is 0.616. The summed E-state index contributed by atoms with van der Waals surface area (Å²) in [5.74, 6) is -0.375. The monoisotopic (exact) mass is 381 g/mol. The number of carbonyl (C=O) groups excluding carboxylic acids is 3.